The molecule has 0 N–H and O–H groups in total. The van der Waals surface area contributed by atoms with Crippen molar-refractivity contribution in [2.75, 3.05) is 4.90 Å². The molecule has 0 spiro atoms. The number of hydrogen-bond acceptors (Lipinski definition) is 6. The van der Waals surface area contributed by atoms with Crippen LogP contribution in [-0.4, -0.2) is 27.9 Å². The zero-order chi connectivity index (χ0) is 16.3. The molecule has 2 amide bonds. The highest BCUT2D eigenvalue weighted by atomic mass is 16.6. The van der Waals surface area contributed by atoms with Crippen LogP contribution in [0.1, 0.15) is 37.0 Å². The monoisotopic (exact) mass is 303 g/mol. The van der Waals surface area contributed by atoms with Crippen LogP contribution in [0.4, 0.5) is 10.5 Å². The number of carbonyl (C=O) groups is 2. The van der Waals surface area contributed by atoms with Gasteiger partial charge >= 0.3 is 6.09 Å². The molecule has 0 radical (unpaired) electrons. The largest absolute Gasteiger partial charge is 0.443 e. The Kier molecular flexibility index (Phi) is 4.25. The van der Waals surface area contributed by atoms with Gasteiger partial charge in [0.15, 0.2) is 5.69 Å². The Labute approximate surface area is 127 Å². The quantitative estimate of drug-likeness (QED) is 0.847. The minimum absolute atomic E-state index is 0.0327. The minimum Gasteiger partial charge on any atom is -0.443 e. The summed E-state index contributed by atoms with van der Waals surface area (Å²) in [5.74, 6) is -0.654. The number of nitrogens with zero attached hydrogens (tertiary/aromatic N) is 3. The van der Waals surface area contributed by atoms with Gasteiger partial charge in [-0.1, -0.05) is 23.4 Å². The second-order valence-electron chi connectivity index (χ2n) is 5.65. The highest BCUT2D eigenvalue weighted by Gasteiger charge is 2.32. The van der Waals surface area contributed by atoms with Crippen molar-refractivity contribution >= 4 is 17.7 Å². The third-order valence-electron chi connectivity index (χ3n) is 2.65. The Balaban J connectivity index is 2.40. The zero-order valence-corrected chi connectivity index (χ0v) is 12.9. The van der Waals surface area contributed by atoms with E-state index < -0.39 is 17.6 Å². The van der Waals surface area contributed by atoms with E-state index in [0.29, 0.717) is 11.4 Å². The number of aryl methyl sites for hydroxylation is 1. The maximum Gasteiger partial charge on any atom is 0.422 e. The molecule has 0 unspecified atom stereocenters. The first-order valence-electron chi connectivity index (χ1n) is 6.71. The van der Waals surface area contributed by atoms with Crippen LogP contribution in [0.5, 0.6) is 0 Å². The molecule has 1 aromatic carbocycles. The van der Waals surface area contributed by atoms with Gasteiger partial charge in [-0.15, -0.1) is 0 Å². The average molecular weight is 303 g/mol. The molecular weight excluding hydrogens is 286 g/mol. The van der Waals surface area contributed by atoms with Crippen LogP contribution in [0.25, 0.3) is 0 Å². The third kappa shape index (κ3) is 3.49. The second kappa shape index (κ2) is 5.97. The topological polar surface area (TPSA) is 85.5 Å². The average Bonchev–Trinajstić information content (AvgIpc) is 2.84. The van der Waals surface area contributed by atoms with E-state index >= 15 is 0 Å². The van der Waals surface area contributed by atoms with Crippen LogP contribution in [-0.2, 0) is 4.74 Å². The molecule has 116 valence electrons. The lowest BCUT2D eigenvalue weighted by molar-refractivity contribution is 0.0563. The molecule has 1 heterocycles. The highest BCUT2D eigenvalue weighted by Crippen LogP contribution is 2.20. The minimum atomic E-state index is -0.786. The summed E-state index contributed by atoms with van der Waals surface area (Å²) in [7, 11) is 0. The summed E-state index contributed by atoms with van der Waals surface area (Å²) in [5, 5.41) is 7.12. The number of imide groups is 1. The zero-order valence-electron chi connectivity index (χ0n) is 12.9. The molecule has 0 saturated heterocycles. The molecule has 0 bridgehead atoms. The van der Waals surface area contributed by atoms with Crippen LogP contribution >= 0.6 is 0 Å². The van der Waals surface area contributed by atoms with E-state index in [0.717, 1.165) is 4.90 Å². The number of ether oxygens (including phenoxy) is 1. The summed E-state index contributed by atoms with van der Waals surface area (Å²) < 4.78 is 9.83. The number of benzene rings is 1. The van der Waals surface area contributed by atoms with Crippen molar-refractivity contribution in [2.45, 2.75) is 33.3 Å². The van der Waals surface area contributed by atoms with Crippen molar-refractivity contribution in [1.82, 2.24) is 10.3 Å². The highest BCUT2D eigenvalue weighted by molar-refractivity contribution is 6.18. The predicted molar refractivity (Wildman–Crippen MR) is 78.5 cm³/mol. The maximum absolute atomic E-state index is 12.6. The van der Waals surface area contributed by atoms with Crippen LogP contribution in [0.3, 0.4) is 0 Å². The van der Waals surface area contributed by atoms with E-state index in [1.165, 1.54) is 0 Å². The fourth-order valence-corrected chi connectivity index (χ4v) is 1.72. The lowest BCUT2D eigenvalue weighted by atomic mass is 10.2. The molecule has 7 heteroatoms. The molecule has 0 aliphatic heterocycles. The normalized spacial score (nSPS) is 11.1. The molecule has 2 rings (SSSR count). The van der Waals surface area contributed by atoms with Gasteiger partial charge in [-0.3, -0.25) is 4.79 Å². The van der Waals surface area contributed by atoms with Crippen LogP contribution in [0, 0.1) is 6.92 Å². The lowest BCUT2D eigenvalue weighted by Gasteiger charge is -2.25. The Hall–Kier alpha value is -2.70. The van der Waals surface area contributed by atoms with Crippen molar-refractivity contribution < 1.29 is 19.0 Å². The summed E-state index contributed by atoms with van der Waals surface area (Å²) in [4.78, 5) is 25.9. The molecule has 0 aliphatic carbocycles. The van der Waals surface area contributed by atoms with Crippen molar-refractivity contribution in [3.63, 3.8) is 0 Å². The molecule has 0 atom stereocenters. The number of carbonyl (C=O) groups excluding carboxylic acids is 2. The molecule has 2 aromatic rings. The van der Waals surface area contributed by atoms with E-state index in [2.05, 4.69) is 14.9 Å². The third-order valence-corrected chi connectivity index (χ3v) is 2.65. The molecule has 22 heavy (non-hydrogen) atoms. The van der Waals surface area contributed by atoms with Crippen molar-refractivity contribution in [1.29, 1.82) is 0 Å². The number of anilines is 1. The van der Waals surface area contributed by atoms with Crippen molar-refractivity contribution in [2.24, 2.45) is 0 Å². The predicted octanol–water partition coefficient (Wildman–Crippen LogP) is 2.96. The number of rotatable bonds is 2. The Morgan fingerprint density at radius 2 is 1.77 bits per heavy atom. The van der Waals surface area contributed by atoms with Gasteiger partial charge in [-0.2, -0.15) is 0 Å². The van der Waals surface area contributed by atoms with Gasteiger partial charge in [0.25, 0.3) is 5.91 Å². The van der Waals surface area contributed by atoms with Gasteiger partial charge in [0.05, 0.1) is 5.69 Å². The fraction of sp³-hybridized carbons (Fsp3) is 0.333. The summed E-state index contributed by atoms with van der Waals surface area (Å²) in [6, 6.07) is 8.47. The second-order valence-corrected chi connectivity index (χ2v) is 5.65. The van der Waals surface area contributed by atoms with Gasteiger partial charge in [0, 0.05) is 0 Å². The molecule has 0 saturated carbocycles. The Bertz CT molecular complexity index is 674. The first-order valence-corrected chi connectivity index (χ1v) is 6.71. The van der Waals surface area contributed by atoms with Gasteiger partial charge in [0.2, 0.25) is 0 Å². The van der Waals surface area contributed by atoms with Crippen LogP contribution in [0.15, 0.2) is 35.0 Å². The van der Waals surface area contributed by atoms with Gasteiger partial charge in [-0.25, -0.2) is 14.3 Å². The first kappa shape index (κ1) is 15.7. The van der Waals surface area contributed by atoms with Gasteiger partial charge < -0.3 is 4.74 Å². The number of aromatic nitrogens is 2. The number of hydrogen-bond donors (Lipinski definition) is 0. The summed E-state index contributed by atoms with van der Waals surface area (Å²) >= 11 is 0. The van der Waals surface area contributed by atoms with Gasteiger partial charge in [-0.05, 0) is 45.0 Å². The van der Waals surface area contributed by atoms with Crippen LogP contribution < -0.4 is 4.90 Å². The first-order chi connectivity index (χ1) is 10.3. The molecule has 1 aromatic heterocycles. The van der Waals surface area contributed by atoms with Crippen molar-refractivity contribution in [3.05, 3.63) is 41.7 Å². The molecule has 7 nitrogen and oxygen atoms in total. The Morgan fingerprint density at radius 3 is 2.27 bits per heavy atom. The van der Waals surface area contributed by atoms with Gasteiger partial charge in [0.1, 0.15) is 11.3 Å². The van der Waals surface area contributed by atoms with E-state index in [9.17, 15) is 9.59 Å². The van der Waals surface area contributed by atoms with E-state index in [1.54, 1.807) is 58.0 Å². The number of amides is 2. The summed E-state index contributed by atoms with van der Waals surface area (Å²) in [6.07, 6.45) is -0.786. The van der Waals surface area contributed by atoms with E-state index in [1.807, 2.05) is 0 Å². The summed E-state index contributed by atoms with van der Waals surface area (Å²) in [6.45, 7) is 6.74. The standard InChI is InChI=1S/C15H17N3O4/c1-10-12(17-22-16-10)13(19)18(11-8-6-5-7-9-11)14(20)21-15(2,3)4/h5-9H,1-4H3. The molecule has 0 aliphatic rings. The van der Waals surface area contributed by atoms with Crippen LogP contribution in [0.2, 0.25) is 0 Å². The smallest absolute Gasteiger partial charge is 0.422 e. The van der Waals surface area contributed by atoms with E-state index in [4.69, 9.17) is 4.74 Å². The maximum atomic E-state index is 12.6. The van der Waals surface area contributed by atoms with E-state index in [-0.39, 0.29) is 5.69 Å². The van der Waals surface area contributed by atoms with Crippen molar-refractivity contribution in [3.8, 4) is 0 Å². The number of para-hydroxylation sites is 1. The fourth-order valence-electron chi connectivity index (χ4n) is 1.72. The SMILES string of the molecule is Cc1nonc1C(=O)N(C(=O)OC(C)(C)C)c1ccccc1. The molecular formula is C15H17N3O4. The molecule has 0 fully saturated rings. The summed E-state index contributed by atoms with van der Waals surface area (Å²) in [5.41, 5.74) is -0.0880. The lowest BCUT2D eigenvalue weighted by Crippen LogP contribution is -2.41. The Morgan fingerprint density at radius 1 is 1.14 bits per heavy atom.